The number of amidine groups is 2. The quantitative estimate of drug-likeness (QED) is 0.475. The van der Waals surface area contributed by atoms with Crippen LogP contribution >= 0.6 is 0 Å². The second kappa shape index (κ2) is 5.62. The molecule has 5 N–H and O–H groups in total. The number of aromatic amines is 1. The van der Waals surface area contributed by atoms with Crippen LogP contribution in [0.15, 0.2) is 11.1 Å². The molecule has 1 aliphatic carbocycles. The lowest BCUT2D eigenvalue weighted by atomic mass is 10.3. The van der Waals surface area contributed by atoms with Gasteiger partial charge in [0.2, 0.25) is 0 Å². The predicted molar refractivity (Wildman–Crippen MR) is 78.6 cm³/mol. The zero-order valence-corrected chi connectivity index (χ0v) is 11.5. The Labute approximate surface area is 118 Å². The molecule has 7 nitrogen and oxygen atoms in total. The Morgan fingerprint density at radius 3 is 2.90 bits per heavy atom. The van der Waals surface area contributed by atoms with Crippen molar-refractivity contribution in [2.24, 2.45) is 10.7 Å². The number of hydrogen-bond acceptors (Lipinski definition) is 4. The monoisotopic (exact) mass is 275 g/mol. The summed E-state index contributed by atoms with van der Waals surface area (Å²) in [5, 5.41) is 18.5. The van der Waals surface area contributed by atoms with E-state index < -0.39 is 0 Å². The fourth-order valence-electron chi connectivity index (χ4n) is 2.39. The van der Waals surface area contributed by atoms with Gasteiger partial charge in [-0.2, -0.15) is 5.10 Å². The van der Waals surface area contributed by atoms with Crippen LogP contribution in [0.4, 0.5) is 5.82 Å². The maximum atomic E-state index is 8.07. The van der Waals surface area contributed by atoms with Crippen LogP contribution in [-0.4, -0.2) is 52.9 Å². The van der Waals surface area contributed by atoms with Crippen LogP contribution in [0.3, 0.4) is 0 Å². The third-order valence-corrected chi connectivity index (χ3v) is 3.71. The first-order chi connectivity index (χ1) is 9.72. The van der Waals surface area contributed by atoms with Crippen molar-refractivity contribution in [3.8, 4) is 0 Å². The molecule has 1 aromatic heterocycles. The molecule has 1 saturated carbocycles. The number of rotatable bonds is 4. The topological polar surface area (TPSA) is 106 Å². The Kier molecular flexibility index (Phi) is 3.68. The van der Waals surface area contributed by atoms with E-state index in [1.165, 1.54) is 12.8 Å². The van der Waals surface area contributed by atoms with E-state index in [4.69, 9.17) is 11.1 Å². The van der Waals surface area contributed by atoms with Gasteiger partial charge in [-0.1, -0.05) is 0 Å². The highest BCUT2D eigenvalue weighted by Crippen LogP contribution is 2.39. The molecule has 3 rings (SSSR count). The second-order valence-electron chi connectivity index (χ2n) is 5.42. The van der Waals surface area contributed by atoms with Crippen molar-refractivity contribution < 1.29 is 0 Å². The normalized spacial score (nSPS) is 20.2. The Morgan fingerprint density at radius 1 is 1.45 bits per heavy atom. The third kappa shape index (κ3) is 3.16. The van der Waals surface area contributed by atoms with Crippen LogP contribution in [0.5, 0.6) is 0 Å². The fourth-order valence-corrected chi connectivity index (χ4v) is 2.39. The van der Waals surface area contributed by atoms with Gasteiger partial charge in [0.15, 0.2) is 5.82 Å². The Balaban J connectivity index is 1.57. The van der Waals surface area contributed by atoms with E-state index in [0.29, 0.717) is 29.8 Å². The molecule has 2 heterocycles. The van der Waals surface area contributed by atoms with Crippen LogP contribution in [-0.2, 0) is 0 Å². The standard InChI is InChI=1S/C13H21N7/c14-11(8-12(15)20-5-3-16-4-6-20)17-13-7-10(18-19-13)9-1-2-9/h7,9,15-16H,1-6,8H2,(H3,14,17,18,19). The van der Waals surface area contributed by atoms with E-state index in [9.17, 15) is 0 Å². The van der Waals surface area contributed by atoms with Gasteiger partial charge < -0.3 is 16.0 Å². The van der Waals surface area contributed by atoms with Gasteiger partial charge in [-0.05, 0) is 12.8 Å². The smallest absolute Gasteiger partial charge is 0.175 e. The number of nitrogens with one attached hydrogen (secondary N) is 3. The molecule has 0 atom stereocenters. The minimum atomic E-state index is 0.381. The lowest BCUT2D eigenvalue weighted by Crippen LogP contribution is -2.47. The van der Waals surface area contributed by atoms with Crippen LogP contribution in [0, 0.1) is 5.41 Å². The fraction of sp³-hybridized carbons (Fsp3) is 0.615. The number of aromatic nitrogens is 2. The van der Waals surface area contributed by atoms with Gasteiger partial charge in [0, 0.05) is 43.9 Å². The summed E-state index contributed by atoms with van der Waals surface area (Å²) < 4.78 is 0. The molecule has 2 fully saturated rings. The summed E-state index contributed by atoms with van der Waals surface area (Å²) in [7, 11) is 0. The Bertz CT molecular complexity index is 509. The molecular weight excluding hydrogens is 254 g/mol. The summed E-state index contributed by atoms with van der Waals surface area (Å²) in [4.78, 5) is 6.33. The number of H-pyrrole nitrogens is 1. The van der Waals surface area contributed by atoms with Crippen molar-refractivity contribution in [3.63, 3.8) is 0 Å². The second-order valence-corrected chi connectivity index (χ2v) is 5.42. The lowest BCUT2D eigenvalue weighted by Gasteiger charge is -2.29. The van der Waals surface area contributed by atoms with Crippen LogP contribution in [0.1, 0.15) is 30.9 Å². The highest BCUT2D eigenvalue weighted by Gasteiger charge is 2.25. The average Bonchev–Trinajstić information content (AvgIpc) is 3.20. The SMILES string of the molecule is N=C(CC(N)=Nc1cc(C2CC2)[nH]n1)N1CCNCC1. The van der Waals surface area contributed by atoms with Crippen molar-refractivity contribution in [3.05, 3.63) is 11.8 Å². The summed E-state index contributed by atoms with van der Waals surface area (Å²) in [6.45, 7) is 3.56. The van der Waals surface area contributed by atoms with Crippen molar-refractivity contribution in [1.29, 1.82) is 5.41 Å². The van der Waals surface area contributed by atoms with Gasteiger partial charge >= 0.3 is 0 Å². The van der Waals surface area contributed by atoms with Gasteiger partial charge in [0.1, 0.15) is 11.7 Å². The third-order valence-electron chi connectivity index (χ3n) is 3.71. The van der Waals surface area contributed by atoms with Crippen molar-refractivity contribution in [2.75, 3.05) is 26.2 Å². The Morgan fingerprint density at radius 2 is 2.20 bits per heavy atom. The van der Waals surface area contributed by atoms with E-state index in [0.717, 1.165) is 31.9 Å². The summed E-state index contributed by atoms with van der Waals surface area (Å²) in [5.74, 6) is 2.23. The first-order valence-corrected chi connectivity index (χ1v) is 7.14. The van der Waals surface area contributed by atoms with Crippen molar-refractivity contribution in [2.45, 2.75) is 25.2 Å². The molecule has 1 saturated heterocycles. The molecule has 7 heteroatoms. The number of nitrogens with two attached hydrogens (primary N) is 1. The zero-order chi connectivity index (χ0) is 13.9. The van der Waals surface area contributed by atoms with E-state index in [2.05, 4.69) is 20.5 Å². The number of hydrogen-bond donors (Lipinski definition) is 4. The molecule has 0 amide bonds. The average molecular weight is 275 g/mol. The zero-order valence-electron chi connectivity index (χ0n) is 11.5. The van der Waals surface area contributed by atoms with E-state index >= 15 is 0 Å². The first kappa shape index (κ1) is 13.1. The first-order valence-electron chi connectivity index (χ1n) is 7.14. The number of aliphatic imine (C=N–C) groups is 1. The molecule has 20 heavy (non-hydrogen) atoms. The highest BCUT2D eigenvalue weighted by molar-refractivity contribution is 6.01. The van der Waals surface area contributed by atoms with Crippen molar-refractivity contribution in [1.82, 2.24) is 20.4 Å². The van der Waals surface area contributed by atoms with Gasteiger partial charge in [-0.3, -0.25) is 10.5 Å². The molecule has 108 valence electrons. The lowest BCUT2D eigenvalue weighted by molar-refractivity contribution is 0.352. The minimum Gasteiger partial charge on any atom is -0.387 e. The molecule has 0 radical (unpaired) electrons. The molecule has 1 aromatic rings. The Hall–Kier alpha value is -1.89. The summed E-state index contributed by atoms with van der Waals surface area (Å²) >= 11 is 0. The molecule has 0 unspecified atom stereocenters. The summed E-state index contributed by atoms with van der Waals surface area (Å²) in [6, 6.07) is 1.96. The number of piperazine rings is 1. The van der Waals surface area contributed by atoms with Crippen molar-refractivity contribution >= 4 is 17.5 Å². The summed E-state index contributed by atoms with van der Waals surface area (Å²) in [6.07, 6.45) is 2.84. The summed E-state index contributed by atoms with van der Waals surface area (Å²) in [5.41, 5.74) is 7.07. The molecule has 0 spiro atoms. The maximum Gasteiger partial charge on any atom is 0.175 e. The molecule has 0 aromatic carbocycles. The van der Waals surface area contributed by atoms with Crippen LogP contribution < -0.4 is 11.1 Å². The molecule has 0 bridgehead atoms. The van der Waals surface area contributed by atoms with Gasteiger partial charge in [0.25, 0.3) is 0 Å². The van der Waals surface area contributed by atoms with Crippen LogP contribution in [0.2, 0.25) is 0 Å². The highest BCUT2D eigenvalue weighted by atomic mass is 15.2. The molecular formula is C13H21N7. The maximum absolute atomic E-state index is 8.07. The van der Waals surface area contributed by atoms with E-state index in [1.54, 1.807) is 0 Å². The predicted octanol–water partition coefficient (Wildman–Crippen LogP) is 0.548. The van der Waals surface area contributed by atoms with E-state index in [1.807, 2.05) is 11.0 Å². The number of nitrogens with zero attached hydrogens (tertiary/aromatic N) is 3. The van der Waals surface area contributed by atoms with Crippen LogP contribution in [0.25, 0.3) is 0 Å². The molecule has 1 aliphatic heterocycles. The van der Waals surface area contributed by atoms with E-state index in [-0.39, 0.29) is 0 Å². The van der Waals surface area contributed by atoms with Gasteiger partial charge in [-0.15, -0.1) is 0 Å². The minimum absolute atomic E-state index is 0.381. The molecule has 2 aliphatic rings. The van der Waals surface area contributed by atoms with Gasteiger partial charge in [0.05, 0.1) is 6.42 Å². The largest absolute Gasteiger partial charge is 0.387 e. The van der Waals surface area contributed by atoms with Gasteiger partial charge in [-0.25, -0.2) is 4.99 Å².